The van der Waals surface area contributed by atoms with Crippen molar-refractivity contribution < 1.29 is 9.69 Å². The third kappa shape index (κ3) is 2.82. The van der Waals surface area contributed by atoms with Gasteiger partial charge in [0.15, 0.2) is 0 Å². The molecule has 2 rings (SSSR count). The summed E-state index contributed by atoms with van der Waals surface area (Å²) in [4.78, 5) is 16.4. The number of quaternary nitrogens is 1. The topological polar surface area (TPSA) is 24.8 Å². The molecule has 0 unspecified atom stereocenters. The summed E-state index contributed by atoms with van der Waals surface area (Å²) >= 11 is 0. The average molecular weight is 239 g/mol. The molecular formula is C14H27N2O+. The van der Waals surface area contributed by atoms with Gasteiger partial charge in [0.1, 0.15) is 0 Å². The van der Waals surface area contributed by atoms with Gasteiger partial charge in [0, 0.05) is 5.41 Å². The summed E-state index contributed by atoms with van der Waals surface area (Å²) in [5.41, 5.74) is -0.0397. The molecule has 0 aromatic carbocycles. The Hall–Kier alpha value is -0.570. The van der Waals surface area contributed by atoms with Gasteiger partial charge in [-0.05, 0) is 19.8 Å². The molecule has 0 bridgehead atoms. The van der Waals surface area contributed by atoms with Crippen LogP contribution in [-0.4, -0.2) is 43.5 Å². The zero-order valence-corrected chi connectivity index (χ0v) is 11.4. The van der Waals surface area contributed by atoms with Crippen LogP contribution in [0.15, 0.2) is 0 Å². The highest BCUT2D eigenvalue weighted by atomic mass is 16.2. The van der Waals surface area contributed by atoms with Crippen molar-refractivity contribution in [1.29, 1.82) is 0 Å². The third-order valence-corrected chi connectivity index (χ3v) is 4.73. The van der Waals surface area contributed by atoms with E-state index in [-0.39, 0.29) is 5.41 Å². The summed E-state index contributed by atoms with van der Waals surface area (Å²) in [5, 5.41) is 0. The van der Waals surface area contributed by atoms with Gasteiger partial charge in [0.2, 0.25) is 5.91 Å². The first kappa shape index (κ1) is 12.9. The number of carbonyl (C=O) groups excluding carboxylic acids is 1. The van der Waals surface area contributed by atoms with E-state index in [0.717, 1.165) is 39.0 Å². The first-order valence-electron chi connectivity index (χ1n) is 7.29. The van der Waals surface area contributed by atoms with Crippen LogP contribution in [0, 0.1) is 5.41 Å². The predicted octanol–water partition coefficient (Wildman–Crippen LogP) is 0.704. The Morgan fingerprint density at radius 1 is 1.18 bits per heavy atom. The molecule has 1 aliphatic carbocycles. The quantitative estimate of drug-likeness (QED) is 0.754. The number of nitrogens with zero attached hydrogens (tertiary/aromatic N) is 1. The first-order chi connectivity index (χ1) is 8.15. The Morgan fingerprint density at radius 3 is 2.29 bits per heavy atom. The van der Waals surface area contributed by atoms with Crippen LogP contribution in [0.1, 0.15) is 46.0 Å². The SMILES string of the molecule is CC[NH+]1CCN(C(=O)C2(C)CCCCC2)CC1. The summed E-state index contributed by atoms with van der Waals surface area (Å²) in [6, 6.07) is 0. The van der Waals surface area contributed by atoms with Crippen molar-refractivity contribution in [3.63, 3.8) is 0 Å². The molecule has 0 atom stereocenters. The van der Waals surface area contributed by atoms with Crippen molar-refractivity contribution in [2.24, 2.45) is 5.41 Å². The maximum Gasteiger partial charge on any atom is 0.228 e. The first-order valence-corrected chi connectivity index (χ1v) is 7.29. The number of nitrogens with one attached hydrogen (secondary N) is 1. The van der Waals surface area contributed by atoms with Crippen LogP contribution in [0.4, 0.5) is 0 Å². The minimum absolute atomic E-state index is 0.0397. The standard InChI is InChI=1S/C14H26N2O/c1-3-15-9-11-16(12-10-15)13(17)14(2)7-5-4-6-8-14/h3-12H2,1-2H3/p+1. The second kappa shape index (κ2) is 5.38. The molecule has 0 aromatic heterocycles. The zero-order valence-electron chi connectivity index (χ0n) is 11.4. The molecular weight excluding hydrogens is 212 g/mol. The van der Waals surface area contributed by atoms with Gasteiger partial charge in [-0.15, -0.1) is 0 Å². The lowest BCUT2D eigenvalue weighted by Crippen LogP contribution is -3.14. The molecule has 1 heterocycles. The van der Waals surface area contributed by atoms with Crippen molar-refractivity contribution in [2.45, 2.75) is 46.0 Å². The maximum atomic E-state index is 12.6. The summed E-state index contributed by atoms with van der Waals surface area (Å²) < 4.78 is 0. The monoisotopic (exact) mass is 239 g/mol. The van der Waals surface area contributed by atoms with Crippen LogP contribution in [0.3, 0.4) is 0 Å². The second-order valence-electron chi connectivity index (χ2n) is 6.02. The molecule has 3 heteroatoms. The number of amides is 1. The number of carbonyl (C=O) groups is 1. The van der Waals surface area contributed by atoms with Crippen molar-refractivity contribution in [3.8, 4) is 0 Å². The predicted molar refractivity (Wildman–Crippen MR) is 69.0 cm³/mol. The molecule has 0 spiro atoms. The van der Waals surface area contributed by atoms with Crippen LogP contribution in [0.2, 0.25) is 0 Å². The Labute approximate surface area is 105 Å². The fraction of sp³-hybridized carbons (Fsp3) is 0.929. The molecule has 98 valence electrons. The van der Waals surface area contributed by atoms with E-state index in [0.29, 0.717) is 5.91 Å². The van der Waals surface area contributed by atoms with Crippen LogP contribution in [0.25, 0.3) is 0 Å². The molecule has 3 nitrogen and oxygen atoms in total. The lowest BCUT2D eigenvalue weighted by atomic mass is 9.74. The normalized spacial score (nSPS) is 25.9. The highest BCUT2D eigenvalue weighted by Crippen LogP contribution is 2.37. The smallest absolute Gasteiger partial charge is 0.228 e. The Kier molecular flexibility index (Phi) is 4.08. The molecule has 0 aromatic rings. The maximum absolute atomic E-state index is 12.6. The van der Waals surface area contributed by atoms with Gasteiger partial charge in [-0.1, -0.05) is 26.2 Å². The van der Waals surface area contributed by atoms with Crippen molar-refractivity contribution in [1.82, 2.24) is 4.90 Å². The fourth-order valence-electron chi connectivity index (χ4n) is 3.31. The van der Waals surface area contributed by atoms with E-state index in [9.17, 15) is 4.79 Å². The Bertz CT molecular complexity index is 263. The van der Waals surface area contributed by atoms with Gasteiger partial charge in [0.25, 0.3) is 0 Å². The Morgan fingerprint density at radius 2 is 1.76 bits per heavy atom. The fourth-order valence-corrected chi connectivity index (χ4v) is 3.31. The minimum Gasteiger partial charge on any atom is -0.332 e. The molecule has 1 saturated heterocycles. The molecule has 2 aliphatic rings. The highest BCUT2D eigenvalue weighted by molar-refractivity contribution is 5.82. The van der Waals surface area contributed by atoms with Gasteiger partial charge >= 0.3 is 0 Å². The lowest BCUT2D eigenvalue weighted by molar-refractivity contribution is -0.902. The highest BCUT2D eigenvalue weighted by Gasteiger charge is 2.38. The van der Waals surface area contributed by atoms with E-state index in [1.807, 2.05) is 0 Å². The number of hydrogen-bond acceptors (Lipinski definition) is 1. The molecule has 1 amide bonds. The molecule has 2 fully saturated rings. The van der Waals surface area contributed by atoms with Crippen molar-refractivity contribution in [2.75, 3.05) is 32.7 Å². The van der Waals surface area contributed by atoms with E-state index in [1.165, 1.54) is 25.8 Å². The number of hydrogen-bond donors (Lipinski definition) is 1. The van der Waals surface area contributed by atoms with Gasteiger partial charge in [-0.2, -0.15) is 0 Å². The minimum atomic E-state index is -0.0397. The van der Waals surface area contributed by atoms with E-state index in [4.69, 9.17) is 0 Å². The third-order valence-electron chi connectivity index (χ3n) is 4.73. The molecule has 17 heavy (non-hydrogen) atoms. The van der Waals surface area contributed by atoms with E-state index < -0.39 is 0 Å². The van der Waals surface area contributed by atoms with Gasteiger partial charge in [-0.3, -0.25) is 4.79 Å². The molecule has 1 N–H and O–H groups in total. The van der Waals surface area contributed by atoms with Crippen LogP contribution in [-0.2, 0) is 4.79 Å². The summed E-state index contributed by atoms with van der Waals surface area (Å²) in [5.74, 6) is 0.437. The zero-order chi connectivity index (χ0) is 12.3. The summed E-state index contributed by atoms with van der Waals surface area (Å²) in [6.07, 6.45) is 6.00. The summed E-state index contributed by atoms with van der Waals surface area (Å²) in [6.45, 7) is 9.83. The summed E-state index contributed by atoms with van der Waals surface area (Å²) in [7, 11) is 0. The molecule has 1 saturated carbocycles. The van der Waals surface area contributed by atoms with Crippen molar-refractivity contribution in [3.05, 3.63) is 0 Å². The van der Waals surface area contributed by atoms with E-state index in [1.54, 1.807) is 4.90 Å². The van der Waals surface area contributed by atoms with E-state index >= 15 is 0 Å². The van der Waals surface area contributed by atoms with Crippen molar-refractivity contribution >= 4 is 5.91 Å². The molecule has 1 aliphatic heterocycles. The molecule has 0 radical (unpaired) electrons. The Balaban J connectivity index is 1.91. The average Bonchev–Trinajstić information content (AvgIpc) is 2.39. The number of rotatable bonds is 2. The van der Waals surface area contributed by atoms with Gasteiger partial charge < -0.3 is 9.80 Å². The lowest BCUT2D eigenvalue weighted by Gasteiger charge is -2.39. The number of piperazine rings is 1. The largest absolute Gasteiger partial charge is 0.332 e. The van der Waals surface area contributed by atoms with Crippen LogP contribution < -0.4 is 4.90 Å². The van der Waals surface area contributed by atoms with Crippen LogP contribution >= 0.6 is 0 Å². The van der Waals surface area contributed by atoms with Gasteiger partial charge in [0.05, 0.1) is 32.7 Å². The van der Waals surface area contributed by atoms with Crippen LogP contribution in [0.5, 0.6) is 0 Å². The second-order valence-corrected chi connectivity index (χ2v) is 6.02. The number of likely N-dealkylation sites (N-methyl/N-ethyl adjacent to an activating group) is 1. The van der Waals surface area contributed by atoms with Gasteiger partial charge in [-0.25, -0.2) is 0 Å². The van der Waals surface area contributed by atoms with E-state index in [2.05, 4.69) is 18.7 Å².